The molecule has 66 heavy (non-hydrogen) atoms. The molecule has 9 aromatic rings. The molecule has 7 aromatic carbocycles. The van der Waals surface area contributed by atoms with Gasteiger partial charge in [0.25, 0.3) is 0 Å². The summed E-state index contributed by atoms with van der Waals surface area (Å²) < 4.78 is 71.4. The number of phenols is 1. The summed E-state index contributed by atoms with van der Waals surface area (Å²) >= 11 is 0. The van der Waals surface area contributed by atoms with E-state index in [1.54, 1.807) is 58.2 Å². The number of pyridine rings is 1. The third-order valence-corrected chi connectivity index (χ3v) is 12.7. The van der Waals surface area contributed by atoms with Gasteiger partial charge in [0, 0.05) is 28.3 Å². The Labute approximate surface area is 403 Å². The maximum absolute atomic E-state index is 12.4. The Bertz CT molecular complexity index is 3530. The van der Waals surface area contributed by atoms with Crippen LogP contribution in [0.1, 0.15) is 123 Å². The molecule has 330 valence electrons. The summed E-state index contributed by atoms with van der Waals surface area (Å²) in [6, 6.07) is 48.1. The Morgan fingerprint density at radius 1 is 0.530 bits per heavy atom. The number of aromatic hydroxyl groups is 1. The molecular weight excluding hydrogens is 803 g/mol. The van der Waals surface area contributed by atoms with E-state index in [2.05, 4.69) is 44.2 Å². The topological polar surface area (TPSA) is 50.9 Å². The third kappa shape index (κ3) is 8.37. The molecule has 0 fully saturated rings. The van der Waals surface area contributed by atoms with Crippen LogP contribution in [0, 0.1) is 13.7 Å². The molecule has 0 atom stereocenters. The van der Waals surface area contributed by atoms with E-state index in [1.807, 2.05) is 115 Å². The Balaban J connectivity index is 1.33. The highest BCUT2D eigenvalue weighted by atomic mass is 16.3. The predicted octanol–water partition coefficient (Wildman–Crippen LogP) is 17.2. The van der Waals surface area contributed by atoms with E-state index < -0.39 is 25.5 Å². The molecule has 0 spiro atoms. The number of fused-ring (bicyclic) bond motifs is 1. The van der Waals surface area contributed by atoms with Crippen LogP contribution >= 0.6 is 0 Å². The molecule has 2 aromatic heterocycles. The second-order valence-corrected chi connectivity index (χ2v) is 18.4. The molecule has 0 saturated heterocycles. The molecule has 9 rings (SSSR count). The predicted molar refractivity (Wildman–Crippen MR) is 279 cm³/mol. The van der Waals surface area contributed by atoms with Crippen LogP contribution in [0.15, 0.2) is 158 Å². The van der Waals surface area contributed by atoms with Crippen molar-refractivity contribution >= 4 is 11.0 Å². The fourth-order valence-corrected chi connectivity index (χ4v) is 9.12. The number of aryl methyl sites for hydroxylation is 2. The van der Waals surface area contributed by atoms with Crippen molar-refractivity contribution in [1.82, 2.24) is 14.5 Å². The van der Waals surface area contributed by atoms with Crippen molar-refractivity contribution < 1.29 is 16.1 Å². The molecule has 0 bridgehead atoms. The summed E-state index contributed by atoms with van der Waals surface area (Å²) in [7, 11) is 0. The van der Waals surface area contributed by atoms with Gasteiger partial charge in [0.15, 0.2) is 0 Å². The van der Waals surface area contributed by atoms with Gasteiger partial charge in [-0.1, -0.05) is 158 Å². The molecule has 0 aliphatic carbocycles. The quantitative estimate of drug-likeness (QED) is 0.141. The molecule has 0 aliphatic rings. The number of rotatable bonds is 11. The van der Waals surface area contributed by atoms with E-state index >= 15 is 0 Å². The van der Waals surface area contributed by atoms with E-state index in [-0.39, 0.29) is 28.7 Å². The second kappa shape index (κ2) is 18.1. The Morgan fingerprint density at radius 2 is 1.21 bits per heavy atom. The van der Waals surface area contributed by atoms with E-state index in [4.69, 9.17) is 14.1 Å². The van der Waals surface area contributed by atoms with Gasteiger partial charge in [0.05, 0.1) is 28.0 Å². The number of phenolic OH excluding ortho intramolecular Hbond substituents is 1. The SMILES string of the molecule is [2H]C([2H])([2H])c1ccc(-c2ccnc(-c3cc(-c4ccccc4)cc(-c4cccc5c4nc(-c4cc(C(C)C)cc(C(C)C)c4O)n5-c4ccc(-c5c(C([2H])(C)C)cccc5C([2H])(C)C)cc4C([2H])([2H])[2H])c3)c2)cc1. The average Bonchev–Trinajstić information content (AvgIpc) is 3.74. The molecule has 0 unspecified atom stereocenters. The van der Waals surface area contributed by atoms with Crippen molar-refractivity contribution in [2.75, 3.05) is 0 Å². The summed E-state index contributed by atoms with van der Waals surface area (Å²) in [5.41, 5.74) is 13.4. The van der Waals surface area contributed by atoms with Gasteiger partial charge in [-0.3, -0.25) is 9.55 Å². The van der Waals surface area contributed by atoms with Crippen molar-refractivity contribution in [3.05, 3.63) is 191 Å². The van der Waals surface area contributed by atoms with Crippen LogP contribution in [0.4, 0.5) is 0 Å². The first-order valence-electron chi connectivity index (χ1n) is 26.8. The fraction of sp³-hybridized carbons (Fsp3) is 0.226. The summed E-state index contributed by atoms with van der Waals surface area (Å²) in [6.07, 6.45) is 1.75. The smallest absolute Gasteiger partial charge is 0.149 e. The highest BCUT2D eigenvalue weighted by Crippen LogP contribution is 2.45. The molecule has 0 radical (unpaired) electrons. The number of hydrogen-bond acceptors (Lipinski definition) is 3. The van der Waals surface area contributed by atoms with Gasteiger partial charge in [-0.2, -0.15) is 0 Å². The highest BCUT2D eigenvalue weighted by Gasteiger charge is 2.25. The van der Waals surface area contributed by atoms with Gasteiger partial charge in [0.2, 0.25) is 0 Å². The standard InChI is InChI=1S/C62H61N3O/c1-37(2)47-34-54(40(7)8)61(66)55(35-47)62-64-60-53(20-15-21-58(60)65(62)57-27-26-46(30-42(57)10)59-51(38(3)4)18-14-19-52(59)39(5)6)49-31-48(43-16-12-11-13-17-43)32-50(33-49)56-36-45(28-29-63-56)44-24-22-41(9)23-25-44/h11-40,66H,1-10H3/i9D3,10D3,38D,39D. The van der Waals surface area contributed by atoms with E-state index in [9.17, 15) is 12.0 Å². The summed E-state index contributed by atoms with van der Waals surface area (Å²) in [5.74, 6) is -1.66. The first-order valence-corrected chi connectivity index (χ1v) is 22.8. The van der Waals surface area contributed by atoms with Crippen molar-refractivity contribution in [1.29, 1.82) is 0 Å². The molecule has 4 heteroatoms. The molecule has 2 heterocycles. The maximum Gasteiger partial charge on any atom is 0.149 e. The number of nitrogens with zero attached hydrogens (tertiary/aromatic N) is 3. The first-order chi connectivity index (χ1) is 34.8. The van der Waals surface area contributed by atoms with E-state index in [0.717, 1.165) is 50.1 Å². The normalized spacial score (nSPS) is 14.3. The molecular formula is C62H61N3O. The Hall–Kier alpha value is -7.04. The van der Waals surface area contributed by atoms with Gasteiger partial charge >= 0.3 is 0 Å². The molecule has 4 nitrogen and oxygen atoms in total. The third-order valence-electron chi connectivity index (χ3n) is 12.7. The molecule has 0 aliphatic heterocycles. The summed E-state index contributed by atoms with van der Waals surface area (Å²) in [6.45, 7) is 10.6. The van der Waals surface area contributed by atoms with Crippen LogP contribution in [0.2, 0.25) is 0 Å². The largest absolute Gasteiger partial charge is 0.507 e. The lowest BCUT2D eigenvalue weighted by molar-refractivity contribution is 0.466. The zero-order valence-corrected chi connectivity index (χ0v) is 39.0. The zero-order valence-electron chi connectivity index (χ0n) is 47.0. The van der Waals surface area contributed by atoms with Crippen LogP contribution in [-0.4, -0.2) is 19.6 Å². The van der Waals surface area contributed by atoms with Crippen LogP contribution in [0.5, 0.6) is 5.75 Å². The zero-order chi connectivity index (χ0) is 53.2. The van der Waals surface area contributed by atoms with Gasteiger partial charge in [0.1, 0.15) is 11.6 Å². The van der Waals surface area contributed by atoms with Crippen molar-refractivity contribution in [2.24, 2.45) is 0 Å². The van der Waals surface area contributed by atoms with Crippen LogP contribution in [-0.2, 0) is 0 Å². The minimum Gasteiger partial charge on any atom is -0.507 e. The van der Waals surface area contributed by atoms with Crippen LogP contribution in [0.25, 0.3) is 83.9 Å². The minimum atomic E-state index is -2.65. The van der Waals surface area contributed by atoms with Crippen LogP contribution in [0.3, 0.4) is 0 Å². The van der Waals surface area contributed by atoms with Gasteiger partial charge in [-0.25, -0.2) is 4.98 Å². The number of hydrogen-bond donors (Lipinski definition) is 1. The lowest BCUT2D eigenvalue weighted by Crippen LogP contribution is -2.04. The van der Waals surface area contributed by atoms with Gasteiger partial charge < -0.3 is 5.11 Å². The van der Waals surface area contributed by atoms with Gasteiger partial charge in [-0.05, 0) is 159 Å². The number of para-hydroxylation sites is 1. The monoisotopic (exact) mass is 872 g/mol. The highest BCUT2D eigenvalue weighted by molar-refractivity contribution is 5.98. The van der Waals surface area contributed by atoms with Crippen molar-refractivity contribution in [3.63, 3.8) is 0 Å². The summed E-state index contributed by atoms with van der Waals surface area (Å²) in [4.78, 5) is 10.4. The lowest BCUT2D eigenvalue weighted by atomic mass is 9.84. The number of aromatic nitrogens is 3. The summed E-state index contributed by atoms with van der Waals surface area (Å²) in [5, 5.41) is 12.4. The second-order valence-electron chi connectivity index (χ2n) is 18.4. The molecule has 0 saturated carbocycles. The number of benzene rings is 7. The number of imidazole rings is 1. The maximum atomic E-state index is 12.4. The Morgan fingerprint density at radius 3 is 1.89 bits per heavy atom. The van der Waals surface area contributed by atoms with E-state index in [0.29, 0.717) is 56.1 Å². The lowest BCUT2D eigenvalue weighted by Gasteiger charge is -2.22. The molecule has 0 amide bonds. The Kier molecular flexibility index (Phi) is 9.66. The van der Waals surface area contributed by atoms with Crippen molar-refractivity contribution in [3.8, 4) is 78.6 Å². The van der Waals surface area contributed by atoms with Gasteiger partial charge in [-0.15, -0.1) is 0 Å². The molecule has 1 N–H and O–H groups in total. The fourth-order valence-electron chi connectivity index (χ4n) is 9.12. The van der Waals surface area contributed by atoms with Crippen molar-refractivity contribution in [2.45, 2.75) is 92.7 Å². The van der Waals surface area contributed by atoms with Crippen LogP contribution < -0.4 is 0 Å². The van der Waals surface area contributed by atoms with E-state index in [1.165, 1.54) is 0 Å². The average molecular weight is 872 g/mol. The minimum absolute atomic E-state index is 0.0447. The first kappa shape index (κ1) is 35.2.